The lowest BCUT2D eigenvalue weighted by Gasteiger charge is -2.28. The van der Waals surface area contributed by atoms with Crippen molar-refractivity contribution in [1.29, 1.82) is 0 Å². The Labute approximate surface area is 112 Å². The number of hydrogen-bond donors (Lipinski definition) is 3. The van der Waals surface area contributed by atoms with Crippen molar-refractivity contribution in [2.75, 3.05) is 0 Å². The lowest BCUT2D eigenvalue weighted by atomic mass is 10.0. The van der Waals surface area contributed by atoms with Crippen LogP contribution < -0.4 is 10.6 Å². The van der Waals surface area contributed by atoms with Crippen molar-refractivity contribution in [2.45, 2.75) is 58.7 Å². The zero-order valence-electron chi connectivity index (χ0n) is 12.2. The lowest BCUT2D eigenvalue weighted by Crippen LogP contribution is -2.57. The third-order valence-corrected chi connectivity index (χ3v) is 2.10. The number of ether oxygens (including phenoxy) is 1. The predicted octanol–water partition coefficient (Wildman–Crippen LogP) is 0.879. The maximum Gasteiger partial charge on any atom is 0.408 e. The second-order valence-electron chi connectivity index (χ2n) is 5.79. The number of nitrogens with one attached hydrogen (secondary N) is 2. The quantitative estimate of drug-likeness (QED) is 0.705. The van der Waals surface area contributed by atoms with E-state index in [0.717, 1.165) is 0 Å². The van der Waals surface area contributed by atoms with Gasteiger partial charge in [0.15, 0.2) is 0 Å². The largest absolute Gasteiger partial charge is 0.480 e. The van der Waals surface area contributed by atoms with Gasteiger partial charge < -0.3 is 20.5 Å². The molecule has 0 aromatic carbocycles. The minimum absolute atomic E-state index is 0.603. The molecule has 110 valence electrons. The molecular formula is C12H22N2O5. The molecule has 0 aliphatic carbocycles. The lowest BCUT2D eigenvalue weighted by molar-refractivity contribution is -0.142. The first-order chi connectivity index (χ1) is 8.35. The molecule has 0 spiro atoms. The molecule has 7 nitrogen and oxygen atoms in total. The summed E-state index contributed by atoms with van der Waals surface area (Å²) in [4.78, 5) is 34.0. The molecule has 0 aliphatic rings. The minimum atomic E-state index is -1.27. The van der Waals surface area contributed by atoms with Crippen LogP contribution >= 0.6 is 0 Å². The van der Waals surface area contributed by atoms with E-state index in [2.05, 4.69) is 10.6 Å². The smallest absolute Gasteiger partial charge is 0.408 e. The summed E-state index contributed by atoms with van der Waals surface area (Å²) in [7, 11) is 0. The molecule has 0 fully saturated rings. The predicted molar refractivity (Wildman–Crippen MR) is 68.7 cm³/mol. The Hall–Kier alpha value is -1.79. The first-order valence-corrected chi connectivity index (χ1v) is 5.90. The molecule has 0 aromatic rings. The molecule has 3 N–H and O–H groups in total. The number of carbonyl (C=O) groups is 3. The van der Waals surface area contributed by atoms with E-state index in [1.54, 1.807) is 20.8 Å². The first kappa shape index (κ1) is 17.2. The standard InChI is InChI=1S/C12H22N2O5/c1-7(8(15)16)13-9(17)12(5,6)14-10(18)19-11(2,3)4/h7H,1-6H3,(H,13,17)(H,14,18)(H,15,16)/t7-/m0/s1. The van der Waals surface area contributed by atoms with Crippen LogP contribution in [0.1, 0.15) is 41.5 Å². The number of amides is 2. The Kier molecular flexibility index (Phi) is 5.34. The van der Waals surface area contributed by atoms with Crippen molar-refractivity contribution in [1.82, 2.24) is 10.6 Å². The Morgan fingerprint density at radius 2 is 1.58 bits per heavy atom. The van der Waals surface area contributed by atoms with Gasteiger partial charge in [-0.15, -0.1) is 0 Å². The molecular weight excluding hydrogens is 252 g/mol. The maximum absolute atomic E-state index is 11.8. The van der Waals surface area contributed by atoms with Gasteiger partial charge in [0.05, 0.1) is 0 Å². The van der Waals surface area contributed by atoms with Gasteiger partial charge in [0.25, 0.3) is 0 Å². The SMILES string of the molecule is C[C@H](NC(=O)C(C)(C)NC(=O)OC(C)(C)C)C(=O)O. The van der Waals surface area contributed by atoms with Gasteiger partial charge >= 0.3 is 12.1 Å². The number of rotatable bonds is 4. The number of aliphatic carboxylic acids is 1. The van der Waals surface area contributed by atoms with Crippen molar-refractivity contribution < 1.29 is 24.2 Å². The second-order valence-corrected chi connectivity index (χ2v) is 5.79. The number of alkyl carbamates (subject to hydrolysis) is 1. The van der Waals surface area contributed by atoms with Crippen LogP contribution in [0.2, 0.25) is 0 Å². The van der Waals surface area contributed by atoms with E-state index in [4.69, 9.17) is 9.84 Å². The van der Waals surface area contributed by atoms with Gasteiger partial charge in [0, 0.05) is 0 Å². The fourth-order valence-electron chi connectivity index (χ4n) is 1.05. The Bertz CT molecular complexity index is 371. The van der Waals surface area contributed by atoms with Crippen molar-refractivity contribution >= 4 is 18.0 Å². The molecule has 0 saturated carbocycles. The summed E-state index contributed by atoms with van der Waals surface area (Å²) in [5, 5.41) is 13.4. The van der Waals surface area contributed by atoms with Gasteiger partial charge in [0.2, 0.25) is 5.91 Å². The van der Waals surface area contributed by atoms with Crippen LogP contribution in [0, 0.1) is 0 Å². The van der Waals surface area contributed by atoms with Crippen LogP contribution in [0.5, 0.6) is 0 Å². The molecule has 0 unspecified atom stereocenters. The van der Waals surface area contributed by atoms with Gasteiger partial charge in [-0.1, -0.05) is 0 Å². The minimum Gasteiger partial charge on any atom is -0.480 e. The molecule has 0 bridgehead atoms. The van der Waals surface area contributed by atoms with E-state index < -0.39 is 35.2 Å². The monoisotopic (exact) mass is 274 g/mol. The van der Waals surface area contributed by atoms with Crippen LogP contribution in [-0.4, -0.2) is 40.3 Å². The third kappa shape index (κ3) is 6.64. The highest BCUT2D eigenvalue weighted by Gasteiger charge is 2.33. The molecule has 0 rings (SSSR count). The molecule has 0 aliphatic heterocycles. The molecule has 2 amide bonds. The molecule has 0 radical (unpaired) electrons. The van der Waals surface area contributed by atoms with Gasteiger partial charge in [-0.2, -0.15) is 0 Å². The van der Waals surface area contributed by atoms with Gasteiger partial charge in [-0.3, -0.25) is 9.59 Å². The van der Waals surface area contributed by atoms with Crippen molar-refractivity contribution in [3.05, 3.63) is 0 Å². The van der Waals surface area contributed by atoms with Gasteiger partial charge in [0.1, 0.15) is 17.2 Å². The maximum atomic E-state index is 11.8. The van der Waals surface area contributed by atoms with E-state index >= 15 is 0 Å². The number of carboxylic acid groups (broad SMARTS) is 1. The van der Waals surface area contributed by atoms with Crippen molar-refractivity contribution in [3.8, 4) is 0 Å². The Balaban J connectivity index is 4.57. The average molecular weight is 274 g/mol. The number of hydrogen-bond acceptors (Lipinski definition) is 4. The van der Waals surface area contributed by atoms with E-state index in [-0.39, 0.29) is 0 Å². The van der Waals surface area contributed by atoms with E-state index in [0.29, 0.717) is 0 Å². The molecule has 0 saturated heterocycles. The number of carbonyl (C=O) groups excluding carboxylic acids is 2. The summed E-state index contributed by atoms with van der Waals surface area (Å²) in [6.07, 6.45) is -0.740. The number of carboxylic acids is 1. The Morgan fingerprint density at radius 1 is 1.11 bits per heavy atom. The fourth-order valence-corrected chi connectivity index (χ4v) is 1.05. The summed E-state index contributed by atoms with van der Waals surface area (Å²) >= 11 is 0. The van der Waals surface area contributed by atoms with Crippen LogP contribution in [0.25, 0.3) is 0 Å². The highest BCUT2D eigenvalue weighted by Crippen LogP contribution is 2.09. The van der Waals surface area contributed by atoms with Crippen LogP contribution in [0.15, 0.2) is 0 Å². The topological polar surface area (TPSA) is 105 Å². The van der Waals surface area contributed by atoms with Gasteiger partial charge in [-0.25, -0.2) is 4.79 Å². The molecule has 19 heavy (non-hydrogen) atoms. The zero-order valence-corrected chi connectivity index (χ0v) is 12.2. The van der Waals surface area contributed by atoms with Crippen LogP contribution in [-0.2, 0) is 14.3 Å². The van der Waals surface area contributed by atoms with Crippen molar-refractivity contribution in [2.24, 2.45) is 0 Å². The molecule has 0 aromatic heterocycles. The summed E-state index contributed by atoms with van der Waals surface area (Å²) in [5.41, 5.74) is -1.95. The Morgan fingerprint density at radius 3 is 1.95 bits per heavy atom. The summed E-state index contributed by atoms with van der Waals surface area (Å²) in [6.45, 7) is 9.36. The zero-order chi connectivity index (χ0) is 15.4. The summed E-state index contributed by atoms with van der Waals surface area (Å²) in [5.74, 6) is -1.75. The van der Waals surface area contributed by atoms with E-state index in [1.807, 2.05) is 0 Å². The van der Waals surface area contributed by atoms with Crippen molar-refractivity contribution in [3.63, 3.8) is 0 Å². The van der Waals surface area contributed by atoms with E-state index in [1.165, 1.54) is 20.8 Å². The van der Waals surface area contributed by atoms with Gasteiger partial charge in [-0.05, 0) is 41.5 Å². The average Bonchev–Trinajstić information content (AvgIpc) is 2.12. The highest BCUT2D eigenvalue weighted by molar-refractivity contribution is 5.91. The fraction of sp³-hybridized carbons (Fsp3) is 0.750. The molecule has 1 atom stereocenters. The third-order valence-electron chi connectivity index (χ3n) is 2.10. The summed E-state index contributed by atoms with van der Waals surface area (Å²) < 4.78 is 5.03. The first-order valence-electron chi connectivity index (χ1n) is 5.90. The van der Waals surface area contributed by atoms with Crippen LogP contribution in [0.3, 0.4) is 0 Å². The van der Waals surface area contributed by atoms with Crippen LogP contribution in [0.4, 0.5) is 4.79 Å². The van der Waals surface area contributed by atoms with E-state index in [9.17, 15) is 14.4 Å². The summed E-state index contributed by atoms with van der Waals surface area (Å²) in [6, 6.07) is -1.03. The second kappa shape index (κ2) is 5.90. The normalized spacial score (nSPS) is 13.4. The molecule has 0 heterocycles. The highest BCUT2D eigenvalue weighted by atomic mass is 16.6. The molecule has 7 heteroatoms.